The Balaban J connectivity index is 1.55. The lowest BCUT2D eigenvalue weighted by molar-refractivity contribution is -0.132. The summed E-state index contributed by atoms with van der Waals surface area (Å²) >= 11 is 0. The third-order valence-corrected chi connectivity index (χ3v) is 4.45. The first-order valence-electron chi connectivity index (χ1n) is 8.14. The average molecular weight is 327 g/mol. The van der Waals surface area contributed by atoms with Crippen molar-refractivity contribution < 1.29 is 14.1 Å². The van der Waals surface area contributed by atoms with Crippen LogP contribution in [0.15, 0.2) is 34.9 Å². The highest BCUT2D eigenvalue weighted by molar-refractivity contribution is 6.09. The van der Waals surface area contributed by atoms with Crippen LogP contribution in [0.1, 0.15) is 23.4 Å². The van der Waals surface area contributed by atoms with Gasteiger partial charge in [-0.1, -0.05) is 23.4 Å². The van der Waals surface area contributed by atoms with E-state index in [-0.39, 0.29) is 11.8 Å². The Kier molecular flexibility index (Phi) is 4.64. The standard InChI is InChI=1S/C18H21N3O3/c1-12-15(13(2)24-20-12)8-10-19-17(22)16-9-11-21(18(16)23)14-6-4-3-5-7-14/h3-7,16H,8-11H2,1-2H3,(H,19,22). The molecule has 0 spiro atoms. The molecule has 1 saturated heterocycles. The first-order chi connectivity index (χ1) is 11.6. The topological polar surface area (TPSA) is 75.4 Å². The largest absolute Gasteiger partial charge is 0.361 e. The number of aryl methyl sites for hydroxylation is 2. The number of nitrogens with zero attached hydrogens (tertiary/aromatic N) is 2. The number of rotatable bonds is 5. The molecule has 2 aromatic rings. The molecule has 1 atom stereocenters. The summed E-state index contributed by atoms with van der Waals surface area (Å²) in [6, 6.07) is 9.45. The molecule has 0 bridgehead atoms. The molecule has 1 unspecified atom stereocenters. The molecular weight excluding hydrogens is 306 g/mol. The molecule has 1 N–H and O–H groups in total. The van der Waals surface area contributed by atoms with Crippen molar-refractivity contribution in [2.24, 2.45) is 5.92 Å². The molecule has 0 saturated carbocycles. The number of benzene rings is 1. The maximum atomic E-state index is 12.5. The van der Waals surface area contributed by atoms with Gasteiger partial charge in [-0.15, -0.1) is 0 Å². The van der Waals surface area contributed by atoms with Crippen molar-refractivity contribution in [1.82, 2.24) is 10.5 Å². The summed E-state index contributed by atoms with van der Waals surface area (Å²) in [5.74, 6) is -0.162. The lowest BCUT2D eigenvalue weighted by Gasteiger charge is -2.16. The highest BCUT2D eigenvalue weighted by Gasteiger charge is 2.37. The van der Waals surface area contributed by atoms with E-state index >= 15 is 0 Å². The predicted octanol–water partition coefficient (Wildman–Crippen LogP) is 2.00. The summed E-state index contributed by atoms with van der Waals surface area (Å²) in [5.41, 5.74) is 2.70. The molecule has 126 valence electrons. The second-order valence-corrected chi connectivity index (χ2v) is 6.01. The van der Waals surface area contributed by atoms with Crippen molar-refractivity contribution in [3.63, 3.8) is 0 Å². The van der Waals surface area contributed by atoms with Gasteiger partial charge in [-0.3, -0.25) is 9.59 Å². The van der Waals surface area contributed by atoms with E-state index in [9.17, 15) is 9.59 Å². The van der Waals surface area contributed by atoms with Crippen LogP contribution in [0.3, 0.4) is 0 Å². The number of para-hydroxylation sites is 1. The van der Waals surface area contributed by atoms with E-state index in [1.165, 1.54) is 0 Å². The summed E-state index contributed by atoms with van der Waals surface area (Å²) in [6.07, 6.45) is 1.20. The molecule has 1 fully saturated rings. The Labute approximate surface area is 140 Å². The van der Waals surface area contributed by atoms with Gasteiger partial charge >= 0.3 is 0 Å². The van der Waals surface area contributed by atoms with E-state index in [4.69, 9.17) is 4.52 Å². The second kappa shape index (κ2) is 6.86. The van der Waals surface area contributed by atoms with Crippen LogP contribution in [0.2, 0.25) is 0 Å². The Hall–Kier alpha value is -2.63. The minimum atomic E-state index is -0.602. The fourth-order valence-electron chi connectivity index (χ4n) is 3.08. The van der Waals surface area contributed by atoms with Crippen molar-refractivity contribution in [1.29, 1.82) is 0 Å². The van der Waals surface area contributed by atoms with Crippen LogP contribution in [0.5, 0.6) is 0 Å². The summed E-state index contributed by atoms with van der Waals surface area (Å²) in [6.45, 7) is 4.78. The van der Waals surface area contributed by atoms with E-state index in [1.807, 2.05) is 44.2 Å². The minimum absolute atomic E-state index is 0.129. The van der Waals surface area contributed by atoms with Gasteiger partial charge in [0.25, 0.3) is 0 Å². The van der Waals surface area contributed by atoms with Gasteiger partial charge in [0.2, 0.25) is 11.8 Å². The van der Waals surface area contributed by atoms with Gasteiger partial charge in [0.05, 0.1) is 5.69 Å². The summed E-state index contributed by atoms with van der Waals surface area (Å²) in [7, 11) is 0. The second-order valence-electron chi connectivity index (χ2n) is 6.01. The highest BCUT2D eigenvalue weighted by atomic mass is 16.5. The van der Waals surface area contributed by atoms with Crippen molar-refractivity contribution >= 4 is 17.5 Å². The van der Waals surface area contributed by atoms with Gasteiger partial charge in [0.1, 0.15) is 11.7 Å². The van der Waals surface area contributed by atoms with Crippen molar-refractivity contribution in [2.75, 3.05) is 18.0 Å². The van der Waals surface area contributed by atoms with Crippen molar-refractivity contribution in [2.45, 2.75) is 26.7 Å². The van der Waals surface area contributed by atoms with Crippen molar-refractivity contribution in [3.05, 3.63) is 47.3 Å². The molecule has 6 heteroatoms. The number of amides is 2. The van der Waals surface area contributed by atoms with E-state index in [2.05, 4.69) is 10.5 Å². The Morgan fingerprint density at radius 2 is 2.08 bits per heavy atom. The van der Waals surface area contributed by atoms with Crippen LogP contribution in [0.25, 0.3) is 0 Å². The number of nitrogens with one attached hydrogen (secondary N) is 1. The van der Waals surface area contributed by atoms with E-state index in [0.29, 0.717) is 25.9 Å². The monoisotopic (exact) mass is 327 g/mol. The quantitative estimate of drug-likeness (QED) is 0.852. The van der Waals surface area contributed by atoms with Crippen LogP contribution in [0, 0.1) is 19.8 Å². The Bertz CT molecular complexity index is 720. The number of hydrogen-bond acceptors (Lipinski definition) is 4. The lowest BCUT2D eigenvalue weighted by atomic mass is 10.1. The first kappa shape index (κ1) is 16.2. The van der Waals surface area contributed by atoms with Crippen LogP contribution < -0.4 is 10.2 Å². The Morgan fingerprint density at radius 1 is 1.33 bits per heavy atom. The van der Waals surface area contributed by atoms with Gasteiger partial charge < -0.3 is 14.7 Å². The molecule has 6 nitrogen and oxygen atoms in total. The zero-order valence-corrected chi connectivity index (χ0v) is 13.9. The van der Waals surface area contributed by atoms with E-state index in [0.717, 1.165) is 22.7 Å². The summed E-state index contributed by atoms with van der Waals surface area (Å²) in [4.78, 5) is 26.5. The fraction of sp³-hybridized carbons (Fsp3) is 0.389. The molecule has 0 radical (unpaired) electrons. The molecule has 1 aromatic heterocycles. The average Bonchev–Trinajstić information content (AvgIpc) is 3.12. The van der Waals surface area contributed by atoms with Crippen molar-refractivity contribution in [3.8, 4) is 0 Å². The number of carbonyl (C=O) groups is 2. The van der Waals surface area contributed by atoms with Crippen LogP contribution in [0.4, 0.5) is 5.69 Å². The maximum absolute atomic E-state index is 12.5. The molecule has 0 aliphatic carbocycles. The fourth-order valence-corrected chi connectivity index (χ4v) is 3.08. The molecule has 1 aromatic carbocycles. The molecule has 2 amide bonds. The molecule has 1 aliphatic rings. The number of hydrogen-bond donors (Lipinski definition) is 1. The van der Waals surface area contributed by atoms with E-state index in [1.54, 1.807) is 4.90 Å². The zero-order chi connectivity index (χ0) is 17.1. The number of aromatic nitrogens is 1. The van der Waals surface area contributed by atoms with Crippen LogP contribution in [-0.2, 0) is 16.0 Å². The molecular formula is C18H21N3O3. The highest BCUT2D eigenvalue weighted by Crippen LogP contribution is 2.25. The summed E-state index contributed by atoms with van der Waals surface area (Å²) < 4.78 is 5.11. The zero-order valence-electron chi connectivity index (χ0n) is 13.9. The third kappa shape index (κ3) is 3.18. The minimum Gasteiger partial charge on any atom is -0.361 e. The van der Waals surface area contributed by atoms with Crippen LogP contribution in [-0.4, -0.2) is 30.1 Å². The van der Waals surface area contributed by atoms with Gasteiger partial charge in [-0.05, 0) is 38.8 Å². The SMILES string of the molecule is Cc1noc(C)c1CCNC(=O)C1CCN(c2ccccc2)C1=O. The third-order valence-electron chi connectivity index (χ3n) is 4.45. The summed E-state index contributed by atoms with van der Waals surface area (Å²) in [5, 5.41) is 6.76. The van der Waals surface area contributed by atoms with E-state index < -0.39 is 5.92 Å². The maximum Gasteiger partial charge on any atom is 0.239 e. The van der Waals surface area contributed by atoms with Gasteiger partial charge in [0, 0.05) is 24.3 Å². The normalized spacial score (nSPS) is 17.3. The van der Waals surface area contributed by atoms with Crippen LogP contribution >= 0.6 is 0 Å². The van der Waals surface area contributed by atoms with Gasteiger partial charge in [-0.25, -0.2) is 0 Å². The number of carbonyl (C=O) groups excluding carboxylic acids is 2. The smallest absolute Gasteiger partial charge is 0.239 e. The Morgan fingerprint density at radius 3 is 2.75 bits per heavy atom. The number of anilines is 1. The predicted molar refractivity (Wildman–Crippen MR) is 89.6 cm³/mol. The molecule has 3 rings (SSSR count). The first-order valence-corrected chi connectivity index (χ1v) is 8.14. The van der Waals surface area contributed by atoms with Gasteiger partial charge in [0.15, 0.2) is 0 Å². The lowest BCUT2D eigenvalue weighted by Crippen LogP contribution is -2.37. The molecule has 24 heavy (non-hydrogen) atoms. The van der Waals surface area contributed by atoms with Gasteiger partial charge in [-0.2, -0.15) is 0 Å². The molecule has 1 aliphatic heterocycles. The molecule has 2 heterocycles.